The molecule has 0 radical (unpaired) electrons. The van der Waals surface area contributed by atoms with Gasteiger partial charge in [0.05, 0.1) is 6.04 Å². The lowest BCUT2D eigenvalue weighted by atomic mass is 10.1. The minimum absolute atomic E-state index is 0.148. The van der Waals surface area contributed by atoms with E-state index >= 15 is 0 Å². The molecule has 3 rings (SSSR count). The molecule has 22 heavy (non-hydrogen) atoms. The maximum Gasteiger partial charge on any atom is 0.326 e. The van der Waals surface area contributed by atoms with E-state index in [1.165, 1.54) is 11.1 Å². The molecule has 1 amide bonds. The molecule has 7 nitrogen and oxygen atoms in total. The number of anilines is 1. The first-order valence-corrected chi connectivity index (χ1v) is 6.98. The van der Waals surface area contributed by atoms with Crippen molar-refractivity contribution >= 4 is 11.6 Å². The van der Waals surface area contributed by atoms with Gasteiger partial charge in [-0.15, -0.1) is 0 Å². The van der Waals surface area contributed by atoms with Gasteiger partial charge in [-0.2, -0.15) is 0 Å². The van der Waals surface area contributed by atoms with Crippen molar-refractivity contribution in [1.29, 1.82) is 0 Å². The molecule has 2 aromatic rings. The molecule has 0 aliphatic heterocycles. The van der Waals surface area contributed by atoms with Gasteiger partial charge in [-0.1, -0.05) is 23.8 Å². The maximum absolute atomic E-state index is 12.3. The summed E-state index contributed by atoms with van der Waals surface area (Å²) in [6.45, 7) is 2.02. The van der Waals surface area contributed by atoms with Gasteiger partial charge in [0, 0.05) is 0 Å². The number of carbonyl (C=O) groups excluding carboxylic acids is 1. The van der Waals surface area contributed by atoms with Crippen LogP contribution in [0.15, 0.2) is 27.8 Å². The fourth-order valence-corrected chi connectivity index (χ4v) is 2.80. The number of nitrogens with two attached hydrogens (primary N) is 1. The zero-order chi connectivity index (χ0) is 15.9. The minimum Gasteiger partial charge on any atom is -0.392 e. The molecule has 7 heteroatoms. The number of nitrogen functional groups attached to an aromatic ring is 1. The first kappa shape index (κ1) is 14.1. The Morgan fingerprint density at radius 3 is 2.86 bits per heavy atom. The van der Waals surface area contributed by atoms with Gasteiger partial charge in [0.25, 0.3) is 11.5 Å². The number of hydrogen-bond acceptors (Lipinski definition) is 4. The number of aromatic amines is 2. The zero-order valence-corrected chi connectivity index (χ0v) is 12.0. The number of aromatic nitrogens is 2. The van der Waals surface area contributed by atoms with Crippen LogP contribution < -0.4 is 22.3 Å². The minimum atomic E-state index is -0.767. The standard InChI is InChI=1S/C15H16N4O3/c1-7-2-4-9-8(6-7)3-5-10(9)17-14(21)12-11(16)13(20)19-15(22)18-12/h2,4,6,10H,3,5,16H2,1H3,(H,17,21)(H2,18,19,20,22)/t10-/m1/s1. The van der Waals surface area contributed by atoms with Crippen molar-refractivity contribution < 1.29 is 4.79 Å². The molecule has 1 aromatic heterocycles. The van der Waals surface area contributed by atoms with E-state index in [1.54, 1.807) is 0 Å². The molecule has 0 fully saturated rings. The SMILES string of the molecule is Cc1ccc2c(c1)CC[C@H]2NC(=O)c1[nH]c(=O)[nH]c(=O)c1N. The number of amides is 1. The first-order chi connectivity index (χ1) is 10.5. The maximum atomic E-state index is 12.3. The normalized spacial score (nSPS) is 16.3. The van der Waals surface area contributed by atoms with Crippen molar-refractivity contribution in [3.8, 4) is 0 Å². The highest BCUT2D eigenvalue weighted by Gasteiger charge is 2.25. The highest BCUT2D eigenvalue weighted by molar-refractivity contribution is 5.97. The van der Waals surface area contributed by atoms with Gasteiger partial charge in [0.15, 0.2) is 0 Å². The van der Waals surface area contributed by atoms with Crippen LogP contribution in [-0.4, -0.2) is 15.9 Å². The fourth-order valence-electron chi connectivity index (χ4n) is 2.80. The van der Waals surface area contributed by atoms with E-state index in [4.69, 9.17) is 5.73 Å². The number of hydrogen-bond donors (Lipinski definition) is 4. The third kappa shape index (κ3) is 2.41. The summed E-state index contributed by atoms with van der Waals surface area (Å²) in [7, 11) is 0. The molecule has 1 aliphatic carbocycles. The average Bonchev–Trinajstić information content (AvgIpc) is 2.84. The monoisotopic (exact) mass is 300 g/mol. The molecule has 1 aliphatic rings. The van der Waals surface area contributed by atoms with E-state index in [2.05, 4.69) is 16.4 Å². The van der Waals surface area contributed by atoms with Gasteiger partial charge in [-0.05, 0) is 30.9 Å². The highest BCUT2D eigenvalue weighted by atomic mass is 16.2. The van der Waals surface area contributed by atoms with Crippen LogP contribution in [-0.2, 0) is 6.42 Å². The van der Waals surface area contributed by atoms with Crippen molar-refractivity contribution in [3.05, 3.63) is 61.4 Å². The second-order valence-corrected chi connectivity index (χ2v) is 5.46. The lowest BCUT2D eigenvalue weighted by molar-refractivity contribution is 0.0932. The van der Waals surface area contributed by atoms with Gasteiger partial charge in [0.2, 0.25) is 0 Å². The third-order valence-corrected chi connectivity index (χ3v) is 3.89. The van der Waals surface area contributed by atoms with Crippen LogP contribution in [0.4, 0.5) is 5.69 Å². The van der Waals surface area contributed by atoms with Crippen LogP contribution in [0.5, 0.6) is 0 Å². The summed E-state index contributed by atoms with van der Waals surface area (Å²) in [6.07, 6.45) is 1.65. The van der Waals surface area contributed by atoms with Crippen molar-refractivity contribution in [1.82, 2.24) is 15.3 Å². The van der Waals surface area contributed by atoms with Crippen molar-refractivity contribution in [3.63, 3.8) is 0 Å². The van der Waals surface area contributed by atoms with Crippen LogP contribution >= 0.6 is 0 Å². The second kappa shape index (κ2) is 5.18. The molecular weight excluding hydrogens is 284 g/mol. The Labute approximate surface area is 125 Å². The fraction of sp³-hybridized carbons (Fsp3) is 0.267. The van der Waals surface area contributed by atoms with Gasteiger partial charge in [0.1, 0.15) is 11.4 Å². The highest BCUT2D eigenvalue weighted by Crippen LogP contribution is 2.31. The summed E-state index contributed by atoms with van der Waals surface area (Å²) in [5.74, 6) is -0.556. The van der Waals surface area contributed by atoms with Gasteiger partial charge >= 0.3 is 5.69 Å². The number of fused-ring (bicyclic) bond motifs is 1. The van der Waals surface area contributed by atoms with Crippen LogP contribution in [0.2, 0.25) is 0 Å². The summed E-state index contributed by atoms with van der Waals surface area (Å²) < 4.78 is 0. The Kier molecular flexibility index (Phi) is 3.32. The van der Waals surface area contributed by atoms with E-state index in [0.717, 1.165) is 18.4 Å². The summed E-state index contributed by atoms with van der Waals surface area (Å²) >= 11 is 0. The number of rotatable bonds is 2. The lowest BCUT2D eigenvalue weighted by Crippen LogP contribution is -2.34. The lowest BCUT2D eigenvalue weighted by Gasteiger charge is -2.14. The number of H-pyrrole nitrogens is 2. The number of nitrogens with one attached hydrogen (secondary N) is 3. The van der Waals surface area contributed by atoms with Crippen LogP contribution in [0.25, 0.3) is 0 Å². The molecule has 1 aromatic carbocycles. The van der Waals surface area contributed by atoms with Crippen LogP contribution in [0, 0.1) is 6.92 Å². The molecule has 114 valence electrons. The summed E-state index contributed by atoms with van der Waals surface area (Å²) in [6, 6.07) is 5.94. The molecule has 1 heterocycles. The largest absolute Gasteiger partial charge is 0.392 e. The van der Waals surface area contributed by atoms with Gasteiger partial charge in [-0.3, -0.25) is 14.6 Å². The van der Waals surface area contributed by atoms with Crippen molar-refractivity contribution in [2.24, 2.45) is 0 Å². The van der Waals surface area contributed by atoms with Gasteiger partial charge < -0.3 is 16.0 Å². The first-order valence-electron chi connectivity index (χ1n) is 6.98. The Balaban J connectivity index is 1.88. The summed E-state index contributed by atoms with van der Waals surface area (Å²) in [5.41, 5.74) is 6.99. The van der Waals surface area contributed by atoms with Crippen molar-refractivity contribution in [2.75, 3.05) is 5.73 Å². The van der Waals surface area contributed by atoms with E-state index in [-0.39, 0.29) is 17.4 Å². The van der Waals surface area contributed by atoms with E-state index < -0.39 is 17.2 Å². The quantitative estimate of drug-likeness (QED) is 0.640. The smallest absolute Gasteiger partial charge is 0.326 e. The Bertz CT molecular complexity index is 866. The summed E-state index contributed by atoms with van der Waals surface area (Å²) in [4.78, 5) is 39.3. The van der Waals surface area contributed by atoms with E-state index in [9.17, 15) is 14.4 Å². The predicted octanol–water partition coefficient (Wildman–Crippen LogP) is 0.371. The number of carbonyl (C=O) groups is 1. The molecule has 0 saturated heterocycles. The molecule has 0 saturated carbocycles. The van der Waals surface area contributed by atoms with E-state index in [1.807, 2.05) is 24.0 Å². The van der Waals surface area contributed by atoms with Crippen LogP contribution in [0.1, 0.15) is 39.6 Å². The molecule has 5 N–H and O–H groups in total. The summed E-state index contributed by atoms with van der Waals surface area (Å²) in [5, 5.41) is 2.82. The van der Waals surface area contributed by atoms with E-state index in [0.29, 0.717) is 0 Å². The molecule has 0 bridgehead atoms. The molecule has 0 unspecified atom stereocenters. The second-order valence-electron chi connectivity index (χ2n) is 5.46. The number of benzene rings is 1. The molecular formula is C15H16N4O3. The average molecular weight is 300 g/mol. The number of aryl methyl sites for hydroxylation is 2. The van der Waals surface area contributed by atoms with Crippen LogP contribution in [0.3, 0.4) is 0 Å². The van der Waals surface area contributed by atoms with Crippen molar-refractivity contribution in [2.45, 2.75) is 25.8 Å². The van der Waals surface area contributed by atoms with Gasteiger partial charge in [-0.25, -0.2) is 4.79 Å². The Morgan fingerprint density at radius 1 is 1.32 bits per heavy atom. The molecule has 1 atom stereocenters. The third-order valence-electron chi connectivity index (χ3n) is 3.89. The predicted molar refractivity (Wildman–Crippen MR) is 81.8 cm³/mol. The zero-order valence-electron chi connectivity index (χ0n) is 12.0. The topological polar surface area (TPSA) is 121 Å². The Morgan fingerprint density at radius 2 is 2.09 bits per heavy atom. The Hall–Kier alpha value is -2.83. The molecule has 0 spiro atoms.